The van der Waals surface area contributed by atoms with Crippen LogP contribution in [0.1, 0.15) is 16.8 Å². The molecule has 0 saturated heterocycles. The molecule has 4 aromatic rings. The molecule has 1 N–H and O–H groups in total. The van der Waals surface area contributed by atoms with Gasteiger partial charge in [-0.2, -0.15) is 0 Å². The predicted octanol–water partition coefficient (Wildman–Crippen LogP) is 4.75. The van der Waals surface area contributed by atoms with E-state index in [-0.39, 0.29) is 12.3 Å². The number of para-hydroxylation sites is 1. The highest BCUT2D eigenvalue weighted by Crippen LogP contribution is 2.28. The Bertz CT molecular complexity index is 1100. The van der Waals surface area contributed by atoms with Crippen molar-refractivity contribution < 1.29 is 9.32 Å². The number of aryl methyl sites for hydroxylation is 2. The van der Waals surface area contributed by atoms with Crippen molar-refractivity contribution in [3.05, 3.63) is 64.7 Å². The molecule has 2 aromatic heterocycles. The fraction of sp³-hybridized carbons (Fsp3) is 0.150. The van der Waals surface area contributed by atoms with Crippen molar-refractivity contribution in [2.75, 3.05) is 5.32 Å². The molecule has 0 spiro atoms. The minimum absolute atomic E-state index is 0.148. The number of hydrogen-bond acceptors (Lipinski definition) is 5. The van der Waals surface area contributed by atoms with Crippen LogP contribution in [0.4, 0.5) is 5.13 Å². The van der Waals surface area contributed by atoms with Crippen LogP contribution < -0.4 is 5.32 Å². The van der Waals surface area contributed by atoms with Gasteiger partial charge in [0.2, 0.25) is 5.91 Å². The number of amides is 1. The third kappa shape index (κ3) is 3.23. The van der Waals surface area contributed by atoms with Crippen molar-refractivity contribution in [1.82, 2.24) is 10.1 Å². The first kappa shape index (κ1) is 16.5. The summed E-state index contributed by atoms with van der Waals surface area (Å²) in [7, 11) is 0. The van der Waals surface area contributed by atoms with Gasteiger partial charge in [-0.15, -0.1) is 11.3 Å². The minimum Gasteiger partial charge on any atom is -0.356 e. The highest BCUT2D eigenvalue weighted by Gasteiger charge is 2.14. The molecule has 2 heterocycles. The van der Waals surface area contributed by atoms with Crippen molar-refractivity contribution in [2.24, 2.45) is 0 Å². The summed E-state index contributed by atoms with van der Waals surface area (Å²) < 4.78 is 5.24. The number of nitrogens with zero attached hydrogens (tertiary/aromatic N) is 2. The number of aromatic nitrogens is 2. The second kappa shape index (κ2) is 6.72. The van der Waals surface area contributed by atoms with Gasteiger partial charge < -0.3 is 9.84 Å². The molecular weight excluding hydrogens is 346 g/mol. The van der Waals surface area contributed by atoms with Gasteiger partial charge in [-0.25, -0.2) is 4.98 Å². The molecule has 0 saturated carbocycles. The number of carbonyl (C=O) groups excluding carboxylic acids is 1. The van der Waals surface area contributed by atoms with Crippen LogP contribution in [0, 0.1) is 13.8 Å². The monoisotopic (exact) mass is 363 g/mol. The van der Waals surface area contributed by atoms with Gasteiger partial charge in [0.25, 0.3) is 0 Å². The third-order valence-electron chi connectivity index (χ3n) is 4.19. The average Bonchev–Trinajstić information content (AvgIpc) is 3.23. The molecule has 0 aliphatic heterocycles. The number of thiazole rings is 1. The molecule has 0 atom stereocenters. The van der Waals surface area contributed by atoms with Crippen molar-refractivity contribution in [1.29, 1.82) is 0 Å². The zero-order valence-electron chi connectivity index (χ0n) is 14.4. The van der Waals surface area contributed by atoms with Crippen molar-refractivity contribution >= 4 is 33.3 Å². The van der Waals surface area contributed by atoms with Gasteiger partial charge in [0, 0.05) is 16.3 Å². The van der Waals surface area contributed by atoms with Crippen molar-refractivity contribution in [2.45, 2.75) is 20.3 Å². The maximum Gasteiger partial charge on any atom is 0.232 e. The Labute approximate surface area is 154 Å². The molecule has 6 heteroatoms. The summed E-state index contributed by atoms with van der Waals surface area (Å²) in [5.41, 5.74) is 5.65. The Balaban J connectivity index is 1.49. The first-order valence-electron chi connectivity index (χ1n) is 8.26. The maximum absolute atomic E-state index is 12.4. The van der Waals surface area contributed by atoms with Gasteiger partial charge >= 0.3 is 0 Å². The molecule has 0 bridgehead atoms. The lowest BCUT2D eigenvalue weighted by Crippen LogP contribution is -2.14. The summed E-state index contributed by atoms with van der Waals surface area (Å²) in [6.45, 7) is 4.13. The zero-order valence-corrected chi connectivity index (χ0v) is 15.3. The number of anilines is 1. The summed E-state index contributed by atoms with van der Waals surface area (Å²) in [5.74, 6) is -0.161. The molecule has 0 radical (unpaired) electrons. The number of benzene rings is 2. The summed E-state index contributed by atoms with van der Waals surface area (Å²) in [6, 6.07) is 13.8. The molecule has 26 heavy (non-hydrogen) atoms. The summed E-state index contributed by atoms with van der Waals surface area (Å²) in [4.78, 5) is 16.9. The van der Waals surface area contributed by atoms with E-state index >= 15 is 0 Å². The molecule has 2 aromatic carbocycles. The van der Waals surface area contributed by atoms with Crippen LogP contribution in [0.2, 0.25) is 0 Å². The van der Waals surface area contributed by atoms with Gasteiger partial charge in [-0.05, 0) is 31.5 Å². The highest BCUT2D eigenvalue weighted by molar-refractivity contribution is 7.14. The van der Waals surface area contributed by atoms with E-state index in [4.69, 9.17) is 4.52 Å². The molecule has 5 nitrogen and oxygen atoms in total. The van der Waals surface area contributed by atoms with Crippen LogP contribution in [-0.2, 0) is 11.2 Å². The van der Waals surface area contributed by atoms with Crippen LogP contribution in [0.15, 0.2) is 52.4 Å². The Hall–Kier alpha value is -2.99. The molecule has 0 fully saturated rings. The molecule has 0 aliphatic rings. The van der Waals surface area contributed by atoms with E-state index in [2.05, 4.69) is 47.5 Å². The van der Waals surface area contributed by atoms with Gasteiger partial charge in [0.05, 0.1) is 12.1 Å². The number of carbonyl (C=O) groups is 1. The number of rotatable bonds is 4. The minimum atomic E-state index is -0.161. The number of fused-ring (bicyclic) bond motifs is 1. The second-order valence-electron chi connectivity index (χ2n) is 6.21. The van der Waals surface area contributed by atoms with Crippen LogP contribution in [0.25, 0.3) is 22.2 Å². The van der Waals surface area contributed by atoms with E-state index in [1.165, 1.54) is 22.5 Å². The topological polar surface area (TPSA) is 68.0 Å². The van der Waals surface area contributed by atoms with Gasteiger partial charge in [-0.3, -0.25) is 4.79 Å². The lowest BCUT2D eigenvalue weighted by Gasteiger charge is -2.03. The van der Waals surface area contributed by atoms with E-state index in [1.807, 2.05) is 29.6 Å². The first-order valence-corrected chi connectivity index (χ1v) is 9.14. The smallest absolute Gasteiger partial charge is 0.232 e. The van der Waals surface area contributed by atoms with Crippen LogP contribution in [0.3, 0.4) is 0 Å². The number of nitrogens with one attached hydrogen (secondary N) is 1. The number of hydrogen-bond donors (Lipinski definition) is 1. The molecular formula is C20H17N3O2S. The van der Waals surface area contributed by atoms with Gasteiger partial charge in [0.15, 0.2) is 10.7 Å². The van der Waals surface area contributed by atoms with Crippen LogP contribution in [0.5, 0.6) is 0 Å². The Morgan fingerprint density at radius 1 is 1.19 bits per heavy atom. The van der Waals surface area contributed by atoms with E-state index in [9.17, 15) is 4.79 Å². The van der Waals surface area contributed by atoms with Gasteiger partial charge in [0.1, 0.15) is 5.69 Å². The molecule has 0 unspecified atom stereocenters. The normalized spacial score (nSPS) is 11.0. The summed E-state index contributed by atoms with van der Waals surface area (Å²) in [5, 5.41) is 10.2. The van der Waals surface area contributed by atoms with Crippen LogP contribution >= 0.6 is 11.3 Å². The van der Waals surface area contributed by atoms with Crippen LogP contribution in [-0.4, -0.2) is 16.0 Å². The van der Waals surface area contributed by atoms with Crippen molar-refractivity contribution in [3.8, 4) is 11.3 Å². The SMILES string of the molecule is Cc1ccc(-c2csc(NC(=O)Cc3noc4ccccc34)n2)c(C)c1. The first-order chi connectivity index (χ1) is 12.6. The largest absolute Gasteiger partial charge is 0.356 e. The van der Waals surface area contributed by atoms with E-state index < -0.39 is 0 Å². The summed E-state index contributed by atoms with van der Waals surface area (Å²) >= 11 is 1.41. The molecule has 0 aliphatic carbocycles. The molecule has 1 amide bonds. The average molecular weight is 363 g/mol. The lowest BCUT2D eigenvalue weighted by atomic mass is 10.0. The molecule has 4 rings (SSSR count). The quantitative estimate of drug-likeness (QED) is 0.568. The van der Waals surface area contributed by atoms with Crippen molar-refractivity contribution in [3.63, 3.8) is 0 Å². The Kier molecular flexibility index (Phi) is 4.26. The maximum atomic E-state index is 12.4. The Morgan fingerprint density at radius 3 is 2.88 bits per heavy atom. The summed E-state index contributed by atoms with van der Waals surface area (Å²) in [6.07, 6.45) is 0.148. The predicted molar refractivity (Wildman–Crippen MR) is 103 cm³/mol. The van der Waals surface area contributed by atoms with Gasteiger partial charge in [-0.1, -0.05) is 41.1 Å². The third-order valence-corrected chi connectivity index (χ3v) is 4.95. The zero-order chi connectivity index (χ0) is 18.1. The van der Waals surface area contributed by atoms with E-state index in [1.54, 1.807) is 0 Å². The highest BCUT2D eigenvalue weighted by atomic mass is 32.1. The fourth-order valence-electron chi connectivity index (χ4n) is 2.94. The van der Waals surface area contributed by atoms with E-state index in [0.29, 0.717) is 16.4 Å². The lowest BCUT2D eigenvalue weighted by molar-refractivity contribution is -0.115. The second-order valence-corrected chi connectivity index (χ2v) is 7.06. The standard InChI is InChI=1S/C20H17N3O2S/c1-12-7-8-14(13(2)9-12)17-11-26-20(21-17)22-19(24)10-16-15-5-3-4-6-18(15)25-23-16/h3-9,11H,10H2,1-2H3,(H,21,22,24). The Morgan fingerprint density at radius 2 is 2.04 bits per heavy atom. The van der Waals surface area contributed by atoms with E-state index in [0.717, 1.165) is 16.6 Å². The molecule has 130 valence electrons. The fourth-order valence-corrected chi connectivity index (χ4v) is 3.66.